The first-order valence-corrected chi connectivity index (χ1v) is 9.40. The number of hydrogen-bond donors (Lipinski definition) is 1. The van der Waals surface area contributed by atoms with Crippen LogP contribution in [0.4, 0.5) is 18.3 Å². The molecule has 0 saturated carbocycles. The highest BCUT2D eigenvalue weighted by Gasteiger charge is 2.31. The van der Waals surface area contributed by atoms with Crippen LogP contribution in [0.3, 0.4) is 0 Å². The van der Waals surface area contributed by atoms with Gasteiger partial charge in [-0.3, -0.25) is 10.1 Å². The summed E-state index contributed by atoms with van der Waals surface area (Å²) in [5.41, 5.74) is 0.681. The lowest BCUT2D eigenvalue weighted by atomic mass is 10.2. The molecule has 0 atom stereocenters. The summed E-state index contributed by atoms with van der Waals surface area (Å²) >= 11 is 0.968. The fourth-order valence-corrected chi connectivity index (χ4v) is 3.29. The number of carbonyl (C=O) groups excluding carboxylic acids is 1. The molecule has 0 fully saturated rings. The SMILES string of the molecule is Cc1c(-c2nsc(NC(=O)c3ccccc3)n2)nnn1-c1cccc(C(F)(F)F)c1. The van der Waals surface area contributed by atoms with Crippen molar-refractivity contribution in [3.63, 3.8) is 0 Å². The molecule has 4 rings (SSSR count). The van der Waals surface area contributed by atoms with E-state index in [-0.39, 0.29) is 22.6 Å². The van der Waals surface area contributed by atoms with E-state index in [0.29, 0.717) is 17.0 Å². The minimum atomic E-state index is -4.46. The van der Waals surface area contributed by atoms with E-state index < -0.39 is 11.7 Å². The molecular formula is C19H13F3N6OS. The van der Waals surface area contributed by atoms with Crippen LogP contribution in [-0.4, -0.2) is 30.3 Å². The minimum Gasteiger partial charge on any atom is -0.297 e. The third-order valence-electron chi connectivity index (χ3n) is 4.21. The topological polar surface area (TPSA) is 85.6 Å². The Morgan fingerprint density at radius 2 is 1.87 bits per heavy atom. The first-order valence-electron chi connectivity index (χ1n) is 8.63. The van der Waals surface area contributed by atoms with Crippen molar-refractivity contribution in [2.75, 3.05) is 5.32 Å². The van der Waals surface area contributed by atoms with Gasteiger partial charge < -0.3 is 0 Å². The summed E-state index contributed by atoms with van der Waals surface area (Å²) in [6, 6.07) is 13.4. The Kier molecular flexibility index (Phi) is 5.04. The van der Waals surface area contributed by atoms with Gasteiger partial charge in [0, 0.05) is 17.1 Å². The Labute approximate surface area is 172 Å². The Balaban J connectivity index is 1.59. The lowest BCUT2D eigenvalue weighted by molar-refractivity contribution is -0.137. The molecule has 2 heterocycles. The molecule has 7 nitrogen and oxygen atoms in total. The van der Waals surface area contributed by atoms with E-state index in [2.05, 4.69) is 25.0 Å². The van der Waals surface area contributed by atoms with Crippen LogP contribution in [0, 0.1) is 6.92 Å². The van der Waals surface area contributed by atoms with E-state index in [1.165, 1.54) is 16.8 Å². The second kappa shape index (κ2) is 7.67. The summed E-state index contributed by atoms with van der Waals surface area (Å²) in [6.45, 7) is 1.65. The zero-order valence-electron chi connectivity index (χ0n) is 15.4. The molecule has 1 N–H and O–H groups in total. The maximum atomic E-state index is 13.0. The van der Waals surface area contributed by atoms with Gasteiger partial charge in [0.2, 0.25) is 5.13 Å². The highest BCUT2D eigenvalue weighted by molar-refractivity contribution is 7.10. The van der Waals surface area contributed by atoms with Crippen LogP contribution in [0.25, 0.3) is 17.2 Å². The molecule has 0 saturated heterocycles. The van der Waals surface area contributed by atoms with E-state index in [0.717, 1.165) is 23.7 Å². The van der Waals surface area contributed by atoms with Gasteiger partial charge in [-0.05, 0) is 37.3 Å². The summed E-state index contributed by atoms with van der Waals surface area (Å²) in [4.78, 5) is 16.5. The van der Waals surface area contributed by atoms with Crippen LogP contribution in [0.1, 0.15) is 21.6 Å². The van der Waals surface area contributed by atoms with E-state index in [9.17, 15) is 18.0 Å². The van der Waals surface area contributed by atoms with Gasteiger partial charge in [-0.15, -0.1) is 5.10 Å². The summed E-state index contributed by atoms with van der Waals surface area (Å²) in [5.74, 6) is -0.110. The summed E-state index contributed by atoms with van der Waals surface area (Å²) in [6.07, 6.45) is -4.46. The van der Waals surface area contributed by atoms with Crippen molar-refractivity contribution in [3.05, 3.63) is 71.4 Å². The second-order valence-electron chi connectivity index (χ2n) is 6.23. The van der Waals surface area contributed by atoms with Gasteiger partial charge in [-0.1, -0.05) is 29.5 Å². The standard InChI is InChI=1S/C19H13F3N6OS/c1-11-15(25-27-28(11)14-9-5-8-13(10-14)19(20,21)22)16-23-18(30-26-16)24-17(29)12-6-3-2-4-7-12/h2-10H,1H3,(H,23,24,26,29). The predicted octanol–water partition coefficient (Wildman–Crippen LogP) is 4.37. The number of halogens is 3. The number of rotatable bonds is 4. The molecule has 0 spiro atoms. The molecule has 30 heavy (non-hydrogen) atoms. The van der Waals surface area contributed by atoms with Gasteiger partial charge >= 0.3 is 6.18 Å². The maximum Gasteiger partial charge on any atom is 0.416 e. The Hall–Kier alpha value is -3.60. The van der Waals surface area contributed by atoms with E-state index >= 15 is 0 Å². The molecule has 1 amide bonds. The van der Waals surface area contributed by atoms with Crippen LogP contribution in [-0.2, 0) is 6.18 Å². The monoisotopic (exact) mass is 430 g/mol. The van der Waals surface area contributed by atoms with Crippen LogP contribution < -0.4 is 5.32 Å². The maximum absolute atomic E-state index is 13.0. The average Bonchev–Trinajstić information content (AvgIpc) is 3.34. The number of nitrogens with zero attached hydrogens (tertiary/aromatic N) is 5. The number of amides is 1. The number of carbonyl (C=O) groups is 1. The van der Waals surface area contributed by atoms with Crippen molar-refractivity contribution < 1.29 is 18.0 Å². The molecule has 0 aliphatic rings. The molecule has 2 aromatic carbocycles. The summed E-state index contributed by atoms with van der Waals surface area (Å²) < 4.78 is 44.4. The Morgan fingerprint density at radius 3 is 2.60 bits per heavy atom. The van der Waals surface area contributed by atoms with Crippen molar-refractivity contribution in [2.24, 2.45) is 0 Å². The molecular weight excluding hydrogens is 417 g/mol. The molecule has 0 aliphatic carbocycles. The first kappa shape index (κ1) is 19.7. The number of aromatic nitrogens is 5. The van der Waals surface area contributed by atoms with Crippen molar-refractivity contribution in [2.45, 2.75) is 13.1 Å². The highest BCUT2D eigenvalue weighted by atomic mass is 32.1. The smallest absolute Gasteiger partial charge is 0.297 e. The van der Waals surface area contributed by atoms with E-state index in [1.54, 1.807) is 37.3 Å². The predicted molar refractivity (Wildman–Crippen MR) is 104 cm³/mol. The normalized spacial score (nSPS) is 11.5. The summed E-state index contributed by atoms with van der Waals surface area (Å²) in [7, 11) is 0. The highest BCUT2D eigenvalue weighted by Crippen LogP contribution is 2.31. The van der Waals surface area contributed by atoms with Crippen LogP contribution >= 0.6 is 11.5 Å². The lowest BCUT2D eigenvalue weighted by Crippen LogP contribution is -2.11. The third kappa shape index (κ3) is 3.92. The number of anilines is 1. The van der Waals surface area contributed by atoms with Gasteiger partial charge in [0.05, 0.1) is 16.9 Å². The van der Waals surface area contributed by atoms with Crippen molar-refractivity contribution >= 4 is 22.6 Å². The van der Waals surface area contributed by atoms with Gasteiger partial charge in [-0.2, -0.15) is 22.5 Å². The zero-order valence-corrected chi connectivity index (χ0v) is 16.2. The number of hydrogen-bond acceptors (Lipinski definition) is 6. The molecule has 0 bridgehead atoms. The van der Waals surface area contributed by atoms with Crippen molar-refractivity contribution in [3.8, 4) is 17.2 Å². The van der Waals surface area contributed by atoms with E-state index in [4.69, 9.17) is 0 Å². The minimum absolute atomic E-state index is 0.217. The fourth-order valence-electron chi connectivity index (χ4n) is 2.72. The van der Waals surface area contributed by atoms with Gasteiger partial charge in [-0.25, -0.2) is 4.68 Å². The van der Waals surface area contributed by atoms with E-state index in [1.807, 2.05) is 0 Å². The lowest BCUT2D eigenvalue weighted by Gasteiger charge is -2.09. The van der Waals surface area contributed by atoms with Gasteiger partial charge in [0.15, 0.2) is 11.5 Å². The quantitative estimate of drug-likeness (QED) is 0.520. The van der Waals surface area contributed by atoms with Crippen LogP contribution in [0.2, 0.25) is 0 Å². The zero-order chi connectivity index (χ0) is 21.3. The largest absolute Gasteiger partial charge is 0.416 e. The molecule has 2 aromatic heterocycles. The number of nitrogens with one attached hydrogen (secondary N) is 1. The molecule has 0 unspecified atom stereocenters. The molecule has 4 aromatic rings. The van der Waals surface area contributed by atoms with Gasteiger partial charge in [0.1, 0.15) is 0 Å². The first-order chi connectivity index (χ1) is 14.3. The summed E-state index contributed by atoms with van der Waals surface area (Å²) in [5, 5.41) is 10.9. The molecule has 11 heteroatoms. The second-order valence-corrected chi connectivity index (χ2v) is 6.98. The van der Waals surface area contributed by atoms with Crippen molar-refractivity contribution in [1.29, 1.82) is 0 Å². The third-order valence-corrected chi connectivity index (χ3v) is 4.84. The van der Waals surface area contributed by atoms with Crippen LogP contribution in [0.15, 0.2) is 54.6 Å². The Bertz CT molecular complexity index is 1200. The number of benzene rings is 2. The number of alkyl halides is 3. The van der Waals surface area contributed by atoms with Gasteiger partial charge in [0.25, 0.3) is 5.91 Å². The fraction of sp³-hybridized carbons (Fsp3) is 0.105. The van der Waals surface area contributed by atoms with Crippen molar-refractivity contribution in [1.82, 2.24) is 24.4 Å². The molecule has 0 aliphatic heterocycles. The van der Waals surface area contributed by atoms with Crippen LogP contribution in [0.5, 0.6) is 0 Å². The Morgan fingerprint density at radius 1 is 1.10 bits per heavy atom. The molecule has 0 radical (unpaired) electrons. The average molecular weight is 430 g/mol. The molecule has 152 valence electrons.